The molecule has 1 aliphatic rings. The summed E-state index contributed by atoms with van der Waals surface area (Å²) in [6.45, 7) is 3.56. The molecule has 1 aliphatic heterocycles. The van der Waals surface area contributed by atoms with Crippen molar-refractivity contribution in [3.05, 3.63) is 48.2 Å². The zero-order valence-corrected chi connectivity index (χ0v) is 19.0. The molecule has 164 valence electrons. The van der Waals surface area contributed by atoms with Crippen molar-refractivity contribution >= 4 is 26.4 Å². The van der Waals surface area contributed by atoms with E-state index >= 15 is 0 Å². The van der Waals surface area contributed by atoms with Gasteiger partial charge in [-0.25, -0.2) is 8.42 Å². The number of hydrogen-bond acceptors (Lipinski definition) is 6. The summed E-state index contributed by atoms with van der Waals surface area (Å²) in [7, 11) is -0.593. The predicted molar refractivity (Wildman–Crippen MR) is 122 cm³/mol. The van der Waals surface area contributed by atoms with Gasteiger partial charge in [0, 0.05) is 30.7 Å². The second-order valence-electron chi connectivity index (χ2n) is 7.91. The van der Waals surface area contributed by atoms with Crippen molar-refractivity contribution in [2.45, 2.75) is 42.4 Å². The van der Waals surface area contributed by atoms with Crippen LogP contribution >= 0.6 is 0 Å². The molecule has 0 amide bonds. The van der Waals surface area contributed by atoms with Crippen LogP contribution in [0.3, 0.4) is 0 Å². The molecule has 31 heavy (non-hydrogen) atoms. The molecule has 2 aromatic carbocycles. The lowest BCUT2D eigenvalue weighted by molar-refractivity contribution is 0.356. The molecule has 4 rings (SSSR count). The molecule has 0 bridgehead atoms. The first-order chi connectivity index (χ1) is 15.0. The van der Waals surface area contributed by atoms with E-state index in [2.05, 4.69) is 9.88 Å². The maximum atomic E-state index is 13.7. The monoisotopic (exact) mass is 440 g/mol. The second kappa shape index (κ2) is 8.75. The van der Waals surface area contributed by atoms with Crippen molar-refractivity contribution < 1.29 is 17.9 Å². The Morgan fingerprint density at radius 3 is 2.13 bits per heavy atom. The largest absolute Gasteiger partial charge is 0.493 e. The van der Waals surface area contributed by atoms with Crippen LogP contribution < -0.4 is 14.4 Å². The van der Waals surface area contributed by atoms with Crippen molar-refractivity contribution in [3.8, 4) is 11.5 Å². The Bertz CT molecular complexity index is 1180. The van der Waals surface area contributed by atoms with Gasteiger partial charge in [-0.3, -0.25) is 4.98 Å². The summed E-state index contributed by atoms with van der Waals surface area (Å²) in [6.07, 6.45) is 5.85. The summed E-state index contributed by atoms with van der Waals surface area (Å²) in [5.41, 5.74) is 2.40. The molecular formula is C24H28N2O4S. The first-order valence-electron chi connectivity index (χ1n) is 10.6. The molecule has 1 fully saturated rings. The number of nitrogens with zero attached hydrogens (tertiary/aromatic N) is 2. The van der Waals surface area contributed by atoms with Gasteiger partial charge in [-0.1, -0.05) is 30.5 Å². The summed E-state index contributed by atoms with van der Waals surface area (Å²) < 4.78 is 38.3. The summed E-state index contributed by atoms with van der Waals surface area (Å²) in [4.78, 5) is 7.22. The van der Waals surface area contributed by atoms with E-state index in [-0.39, 0.29) is 9.79 Å². The van der Waals surface area contributed by atoms with E-state index in [1.165, 1.54) is 6.20 Å². The molecule has 0 radical (unpaired) electrons. The van der Waals surface area contributed by atoms with Crippen LogP contribution in [0.5, 0.6) is 11.5 Å². The maximum absolute atomic E-state index is 13.7. The zero-order chi connectivity index (χ0) is 22.0. The number of fused-ring (bicyclic) bond motifs is 1. The van der Waals surface area contributed by atoms with Crippen molar-refractivity contribution in [3.63, 3.8) is 0 Å². The number of aromatic nitrogens is 1. The van der Waals surface area contributed by atoms with Crippen molar-refractivity contribution in [1.82, 2.24) is 4.98 Å². The lowest BCUT2D eigenvalue weighted by Gasteiger charge is -2.27. The number of rotatable bonds is 5. The molecule has 7 heteroatoms. The average molecular weight is 441 g/mol. The van der Waals surface area contributed by atoms with Gasteiger partial charge in [0.1, 0.15) is 4.90 Å². The van der Waals surface area contributed by atoms with Gasteiger partial charge in [0.25, 0.3) is 0 Å². The summed E-state index contributed by atoms with van der Waals surface area (Å²) in [5, 5.41) is 0.757. The van der Waals surface area contributed by atoms with Crippen molar-refractivity contribution in [2.24, 2.45) is 0 Å². The SMILES string of the molecule is COc1cc2ncc(S(=O)(=O)c3ccc(C)cc3)c(N3CCCCCC3)c2cc1OC. The van der Waals surface area contributed by atoms with Crippen LogP contribution in [0.25, 0.3) is 10.9 Å². The van der Waals surface area contributed by atoms with Crippen LogP contribution in [0, 0.1) is 6.92 Å². The van der Waals surface area contributed by atoms with Crippen LogP contribution in [0.2, 0.25) is 0 Å². The third-order valence-corrected chi connectivity index (χ3v) is 7.62. The first kappa shape index (κ1) is 21.4. The molecule has 2 heterocycles. The molecule has 6 nitrogen and oxygen atoms in total. The van der Waals surface area contributed by atoms with E-state index in [1.807, 2.05) is 25.1 Å². The summed E-state index contributed by atoms with van der Waals surface area (Å²) in [5.74, 6) is 1.12. The minimum Gasteiger partial charge on any atom is -0.493 e. The molecule has 3 aromatic rings. The molecule has 0 atom stereocenters. The number of anilines is 1. The molecule has 0 spiro atoms. The lowest BCUT2D eigenvalue weighted by Crippen LogP contribution is -2.26. The predicted octanol–water partition coefficient (Wildman–Crippen LogP) is 4.77. The van der Waals surface area contributed by atoms with Crippen molar-refractivity contribution in [1.29, 1.82) is 0 Å². The Labute approximate surface area is 183 Å². The molecule has 1 aromatic heterocycles. The van der Waals surface area contributed by atoms with Crippen LogP contribution in [0.4, 0.5) is 5.69 Å². The van der Waals surface area contributed by atoms with E-state index < -0.39 is 9.84 Å². The summed E-state index contributed by atoms with van der Waals surface area (Å²) in [6, 6.07) is 10.6. The molecule has 0 saturated carbocycles. The minimum absolute atomic E-state index is 0.234. The highest BCUT2D eigenvalue weighted by Crippen LogP contribution is 2.41. The quantitative estimate of drug-likeness (QED) is 0.569. The Hall–Kier alpha value is -2.80. The van der Waals surface area contributed by atoms with Gasteiger partial charge in [-0.2, -0.15) is 0 Å². The number of sulfone groups is 1. The number of hydrogen-bond donors (Lipinski definition) is 0. The Balaban J connectivity index is 1.99. The number of aryl methyl sites for hydroxylation is 1. The van der Waals surface area contributed by atoms with Gasteiger partial charge in [0.15, 0.2) is 11.5 Å². The van der Waals surface area contributed by atoms with E-state index in [9.17, 15) is 8.42 Å². The van der Waals surface area contributed by atoms with E-state index in [4.69, 9.17) is 9.47 Å². The fraction of sp³-hybridized carbons (Fsp3) is 0.375. The van der Waals surface area contributed by atoms with Crippen molar-refractivity contribution in [2.75, 3.05) is 32.2 Å². The number of benzene rings is 2. The van der Waals surface area contributed by atoms with Crippen LogP contribution in [0.1, 0.15) is 31.2 Å². The van der Waals surface area contributed by atoms with Gasteiger partial charge in [-0.05, 0) is 38.0 Å². The van der Waals surface area contributed by atoms with Gasteiger partial charge < -0.3 is 14.4 Å². The number of pyridine rings is 1. The van der Waals surface area contributed by atoms with Gasteiger partial charge >= 0.3 is 0 Å². The van der Waals surface area contributed by atoms with E-state index in [1.54, 1.807) is 32.4 Å². The zero-order valence-electron chi connectivity index (χ0n) is 18.2. The average Bonchev–Trinajstić information content (AvgIpc) is 3.06. The molecule has 0 aliphatic carbocycles. The highest BCUT2D eigenvalue weighted by molar-refractivity contribution is 7.91. The van der Waals surface area contributed by atoms with Gasteiger partial charge in [-0.15, -0.1) is 0 Å². The van der Waals surface area contributed by atoms with E-state index in [0.29, 0.717) is 22.7 Å². The lowest BCUT2D eigenvalue weighted by atomic mass is 10.1. The summed E-state index contributed by atoms with van der Waals surface area (Å²) >= 11 is 0. The highest BCUT2D eigenvalue weighted by atomic mass is 32.2. The normalized spacial score (nSPS) is 15.0. The Kier molecular flexibility index (Phi) is 6.05. The standard InChI is InChI=1S/C24H28N2O4S/c1-17-8-10-18(11-9-17)31(27,28)23-16-25-20-15-22(30-3)21(29-2)14-19(20)24(23)26-12-6-4-5-7-13-26/h8-11,14-16H,4-7,12-13H2,1-3H3. The topological polar surface area (TPSA) is 68.7 Å². The first-order valence-corrected chi connectivity index (χ1v) is 12.1. The van der Waals surface area contributed by atoms with E-state index in [0.717, 1.165) is 49.7 Å². The third kappa shape index (κ3) is 4.06. The van der Waals surface area contributed by atoms with Gasteiger partial charge in [0.05, 0.1) is 30.3 Å². The highest BCUT2D eigenvalue weighted by Gasteiger charge is 2.28. The smallest absolute Gasteiger partial charge is 0.210 e. The molecule has 1 saturated heterocycles. The maximum Gasteiger partial charge on any atom is 0.210 e. The third-order valence-electron chi connectivity index (χ3n) is 5.85. The Morgan fingerprint density at radius 1 is 0.903 bits per heavy atom. The van der Waals surface area contributed by atoms with Crippen LogP contribution in [0.15, 0.2) is 52.4 Å². The van der Waals surface area contributed by atoms with Gasteiger partial charge in [0.2, 0.25) is 9.84 Å². The number of methoxy groups -OCH3 is 2. The molecule has 0 N–H and O–H groups in total. The van der Waals surface area contributed by atoms with Crippen LogP contribution in [-0.2, 0) is 9.84 Å². The molecular weight excluding hydrogens is 412 g/mol. The fourth-order valence-corrected chi connectivity index (χ4v) is 5.58. The van der Waals surface area contributed by atoms with Crippen LogP contribution in [-0.4, -0.2) is 40.7 Å². The molecule has 0 unspecified atom stereocenters. The second-order valence-corrected chi connectivity index (χ2v) is 9.83. The number of ether oxygens (including phenoxy) is 2. The minimum atomic E-state index is -3.75. The Morgan fingerprint density at radius 2 is 1.52 bits per heavy atom. The fourth-order valence-electron chi connectivity index (χ4n) is 4.15.